The van der Waals surface area contributed by atoms with Crippen LogP contribution in [0.4, 0.5) is 0 Å². The standard InChI is InChI=1S/C17H22N2O2/c1-2-18-17(21)15-10-6-7-13(11-15)12-19-16(20)14-8-4-3-5-9-14/h3-4,6-7,10-11,14H,2,5,8-9,12H2,1H3,(H,18,21)(H,19,20)/t14-/m1/s1. The first kappa shape index (κ1) is 15.3. The van der Waals surface area contributed by atoms with Crippen molar-refractivity contribution in [3.63, 3.8) is 0 Å². The first-order valence-electron chi connectivity index (χ1n) is 7.50. The van der Waals surface area contributed by atoms with E-state index in [1.165, 1.54) is 0 Å². The van der Waals surface area contributed by atoms with Gasteiger partial charge in [-0.2, -0.15) is 0 Å². The zero-order valence-corrected chi connectivity index (χ0v) is 12.4. The van der Waals surface area contributed by atoms with E-state index >= 15 is 0 Å². The Hall–Kier alpha value is -2.10. The average Bonchev–Trinajstić information content (AvgIpc) is 2.54. The van der Waals surface area contributed by atoms with Crippen molar-refractivity contribution in [3.05, 3.63) is 47.5 Å². The quantitative estimate of drug-likeness (QED) is 0.817. The molecule has 2 rings (SSSR count). The Morgan fingerprint density at radius 1 is 1.24 bits per heavy atom. The zero-order valence-electron chi connectivity index (χ0n) is 12.4. The van der Waals surface area contributed by atoms with Gasteiger partial charge in [0.15, 0.2) is 0 Å². The second-order valence-electron chi connectivity index (χ2n) is 5.26. The van der Waals surface area contributed by atoms with Crippen molar-refractivity contribution in [1.82, 2.24) is 10.6 Å². The van der Waals surface area contributed by atoms with Crippen molar-refractivity contribution in [3.8, 4) is 0 Å². The normalized spacial score (nSPS) is 17.3. The molecule has 1 aliphatic carbocycles. The van der Waals surface area contributed by atoms with Gasteiger partial charge in [0.25, 0.3) is 5.91 Å². The van der Waals surface area contributed by atoms with Crippen molar-refractivity contribution in [2.45, 2.75) is 32.7 Å². The largest absolute Gasteiger partial charge is 0.352 e. The molecule has 0 radical (unpaired) electrons. The van der Waals surface area contributed by atoms with Crippen LogP contribution in [0.2, 0.25) is 0 Å². The Kier molecular flexibility index (Phi) is 5.55. The van der Waals surface area contributed by atoms with Gasteiger partial charge in [-0.3, -0.25) is 9.59 Å². The van der Waals surface area contributed by atoms with Gasteiger partial charge in [0.05, 0.1) is 0 Å². The van der Waals surface area contributed by atoms with E-state index in [0.717, 1.165) is 24.8 Å². The minimum Gasteiger partial charge on any atom is -0.352 e. The maximum Gasteiger partial charge on any atom is 0.251 e. The third-order valence-electron chi connectivity index (χ3n) is 3.63. The van der Waals surface area contributed by atoms with Gasteiger partial charge in [0, 0.05) is 24.6 Å². The molecule has 2 N–H and O–H groups in total. The fraction of sp³-hybridized carbons (Fsp3) is 0.412. The van der Waals surface area contributed by atoms with Crippen LogP contribution in [0.25, 0.3) is 0 Å². The maximum atomic E-state index is 12.1. The first-order chi connectivity index (χ1) is 10.2. The van der Waals surface area contributed by atoms with E-state index in [-0.39, 0.29) is 17.7 Å². The SMILES string of the molecule is CCNC(=O)c1cccc(CNC(=O)[C@@H]2CC=CCC2)c1. The van der Waals surface area contributed by atoms with Crippen LogP contribution in [0.3, 0.4) is 0 Å². The molecule has 0 aromatic heterocycles. The van der Waals surface area contributed by atoms with E-state index in [4.69, 9.17) is 0 Å². The molecule has 0 saturated heterocycles. The number of amides is 2. The Labute approximate surface area is 125 Å². The van der Waals surface area contributed by atoms with Gasteiger partial charge in [-0.1, -0.05) is 24.3 Å². The molecule has 4 nitrogen and oxygen atoms in total. The Morgan fingerprint density at radius 3 is 2.81 bits per heavy atom. The molecule has 0 aliphatic heterocycles. The monoisotopic (exact) mass is 286 g/mol. The molecule has 0 unspecified atom stereocenters. The lowest BCUT2D eigenvalue weighted by Gasteiger charge is -2.17. The van der Waals surface area contributed by atoms with Crippen LogP contribution < -0.4 is 10.6 Å². The van der Waals surface area contributed by atoms with Gasteiger partial charge in [-0.05, 0) is 43.9 Å². The van der Waals surface area contributed by atoms with Crippen molar-refractivity contribution in [2.24, 2.45) is 5.92 Å². The smallest absolute Gasteiger partial charge is 0.251 e. The number of rotatable bonds is 5. The summed E-state index contributed by atoms with van der Waals surface area (Å²) in [7, 11) is 0. The lowest BCUT2D eigenvalue weighted by molar-refractivity contribution is -0.125. The number of nitrogens with one attached hydrogen (secondary N) is 2. The van der Waals surface area contributed by atoms with Crippen LogP contribution in [-0.2, 0) is 11.3 Å². The van der Waals surface area contributed by atoms with Gasteiger partial charge in [0.1, 0.15) is 0 Å². The highest BCUT2D eigenvalue weighted by Crippen LogP contribution is 2.18. The van der Waals surface area contributed by atoms with E-state index < -0.39 is 0 Å². The molecule has 1 aliphatic rings. The predicted octanol–water partition coefficient (Wildman–Crippen LogP) is 2.41. The van der Waals surface area contributed by atoms with Crippen LogP contribution >= 0.6 is 0 Å². The number of allylic oxidation sites excluding steroid dienone is 2. The Morgan fingerprint density at radius 2 is 2.10 bits per heavy atom. The molecule has 112 valence electrons. The summed E-state index contributed by atoms with van der Waals surface area (Å²) in [5, 5.41) is 5.73. The minimum atomic E-state index is -0.0805. The highest BCUT2D eigenvalue weighted by molar-refractivity contribution is 5.94. The summed E-state index contributed by atoms with van der Waals surface area (Å²) in [5.74, 6) is 0.104. The average molecular weight is 286 g/mol. The van der Waals surface area contributed by atoms with Crippen LogP contribution in [0.5, 0.6) is 0 Å². The fourth-order valence-electron chi connectivity index (χ4n) is 2.45. The van der Waals surface area contributed by atoms with Gasteiger partial charge in [-0.15, -0.1) is 0 Å². The summed E-state index contributed by atoms with van der Waals surface area (Å²) in [5.41, 5.74) is 1.57. The molecule has 1 atom stereocenters. The zero-order chi connectivity index (χ0) is 15.1. The van der Waals surface area contributed by atoms with E-state index in [9.17, 15) is 9.59 Å². The highest BCUT2D eigenvalue weighted by atomic mass is 16.2. The van der Waals surface area contributed by atoms with E-state index in [0.29, 0.717) is 18.7 Å². The van der Waals surface area contributed by atoms with E-state index in [1.54, 1.807) is 6.07 Å². The Balaban J connectivity index is 1.90. The summed E-state index contributed by atoms with van der Waals surface area (Å²) in [6.07, 6.45) is 6.92. The minimum absolute atomic E-state index is 0.0805. The van der Waals surface area contributed by atoms with Gasteiger partial charge in [-0.25, -0.2) is 0 Å². The second-order valence-corrected chi connectivity index (χ2v) is 5.26. The van der Waals surface area contributed by atoms with Gasteiger partial charge in [0.2, 0.25) is 5.91 Å². The maximum absolute atomic E-state index is 12.1. The van der Waals surface area contributed by atoms with Crippen LogP contribution in [0, 0.1) is 5.92 Å². The number of hydrogen-bond donors (Lipinski definition) is 2. The molecular weight excluding hydrogens is 264 g/mol. The summed E-state index contributed by atoms with van der Waals surface area (Å²) < 4.78 is 0. The number of benzene rings is 1. The number of hydrogen-bond acceptors (Lipinski definition) is 2. The number of carbonyl (C=O) groups is 2. The lowest BCUT2D eigenvalue weighted by atomic mass is 9.93. The fourth-order valence-corrected chi connectivity index (χ4v) is 2.45. The second kappa shape index (κ2) is 7.62. The van der Waals surface area contributed by atoms with Crippen molar-refractivity contribution in [2.75, 3.05) is 6.54 Å². The molecule has 1 aromatic carbocycles. The molecule has 0 heterocycles. The molecule has 0 spiro atoms. The van der Waals surface area contributed by atoms with E-state index in [2.05, 4.69) is 22.8 Å². The predicted molar refractivity (Wildman–Crippen MR) is 82.8 cm³/mol. The van der Waals surface area contributed by atoms with Gasteiger partial charge < -0.3 is 10.6 Å². The lowest BCUT2D eigenvalue weighted by Crippen LogP contribution is -2.30. The van der Waals surface area contributed by atoms with Crippen molar-refractivity contribution >= 4 is 11.8 Å². The molecule has 0 fully saturated rings. The van der Waals surface area contributed by atoms with Crippen LogP contribution in [0.15, 0.2) is 36.4 Å². The summed E-state index contributed by atoms with van der Waals surface area (Å²) in [6.45, 7) is 2.96. The topological polar surface area (TPSA) is 58.2 Å². The molecule has 2 amide bonds. The van der Waals surface area contributed by atoms with Crippen molar-refractivity contribution in [1.29, 1.82) is 0 Å². The third-order valence-corrected chi connectivity index (χ3v) is 3.63. The molecule has 0 bridgehead atoms. The first-order valence-corrected chi connectivity index (χ1v) is 7.50. The summed E-state index contributed by atoms with van der Waals surface area (Å²) in [6, 6.07) is 7.37. The molecule has 0 saturated carbocycles. The van der Waals surface area contributed by atoms with Crippen LogP contribution in [0.1, 0.15) is 42.1 Å². The molecule has 1 aromatic rings. The van der Waals surface area contributed by atoms with E-state index in [1.807, 2.05) is 25.1 Å². The number of carbonyl (C=O) groups excluding carboxylic acids is 2. The van der Waals surface area contributed by atoms with Crippen LogP contribution in [-0.4, -0.2) is 18.4 Å². The van der Waals surface area contributed by atoms with Gasteiger partial charge >= 0.3 is 0 Å². The highest BCUT2D eigenvalue weighted by Gasteiger charge is 2.18. The third kappa shape index (κ3) is 4.45. The Bertz CT molecular complexity index is 537. The summed E-state index contributed by atoms with van der Waals surface area (Å²) >= 11 is 0. The molecular formula is C17H22N2O2. The summed E-state index contributed by atoms with van der Waals surface area (Å²) in [4.78, 5) is 23.8. The van der Waals surface area contributed by atoms with Crippen molar-refractivity contribution < 1.29 is 9.59 Å². The molecule has 4 heteroatoms. The molecule has 21 heavy (non-hydrogen) atoms.